The van der Waals surface area contributed by atoms with Gasteiger partial charge in [-0.25, -0.2) is 0 Å². The highest BCUT2D eigenvalue weighted by Gasteiger charge is 2.33. The molecule has 0 spiro atoms. The average Bonchev–Trinajstić information content (AvgIpc) is 2.74. The van der Waals surface area contributed by atoms with Crippen LogP contribution in [0.4, 0.5) is 0 Å². The van der Waals surface area contributed by atoms with Gasteiger partial charge in [-0.2, -0.15) is 0 Å². The first-order chi connectivity index (χ1) is 8.69. The minimum Gasteiger partial charge on any atom is -0.356 e. The van der Waals surface area contributed by atoms with Crippen LogP contribution in [0.3, 0.4) is 0 Å². The van der Waals surface area contributed by atoms with E-state index in [0.29, 0.717) is 13.0 Å². The van der Waals surface area contributed by atoms with Crippen molar-refractivity contribution in [2.45, 2.75) is 53.4 Å². The molecule has 1 rings (SSSR count). The number of nitrogens with zero attached hydrogens (tertiary/aromatic N) is 1. The van der Waals surface area contributed by atoms with Gasteiger partial charge in [0, 0.05) is 26.1 Å². The molecule has 0 aliphatic carbocycles. The van der Waals surface area contributed by atoms with E-state index in [9.17, 15) is 9.59 Å². The quantitative estimate of drug-likeness (QED) is 0.741. The van der Waals surface area contributed by atoms with Gasteiger partial charge in [0.15, 0.2) is 0 Å². The minimum absolute atomic E-state index is 0.0420. The molecule has 106 valence electrons. The van der Waals surface area contributed by atoms with Crippen molar-refractivity contribution in [2.75, 3.05) is 19.6 Å². The summed E-state index contributed by atoms with van der Waals surface area (Å²) in [4.78, 5) is 25.1. The van der Waals surface area contributed by atoms with Gasteiger partial charge in [-0.1, -0.05) is 34.1 Å². The first-order valence-electron chi connectivity index (χ1n) is 7.24. The molecule has 1 N–H and O–H groups in total. The second-order valence-corrected chi connectivity index (χ2v) is 4.39. The molecule has 18 heavy (non-hydrogen) atoms. The molecule has 1 atom stereocenters. The monoisotopic (exact) mass is 256 g/mol. The Bertz CT molecular complexity index is 254. The summed E-state index contributed by atoms with van der Waals surface area (Å²) >= 11 is 0. The smallest absolute Gasteiger partial charge is 0.225 e. The summed E-state index contributed by atoms with van der Waals surface area (Å²) in [7, 11) is 0. The van der Waals surface area contributed by atoms with Crippen molar-refractivity contribution >= 4 is 11.8 Å². The van der Waals surface area contributed by atoms with E-state index in [0.717, 1.165) is 32.4 Å². The third kappa shape index (κ3) is 5.52. The number of nitrogens with one attached hydrogen (secondary N) is 1. The molecule has 2 amide bonds. The van der Waals surface area contributed by atoms with Crippen LogP contribution in [0.5, 0.6) is 0 Å². The Morgan fingerprint density at radius 3 is 2.56 bits per heavy atom. The third-order valence-corrected chi connectivity index (χ3v) is 2.91. The number of hydrogen-bond acceptors (Lipinski definition) is 2. The number of rotatable bonds is 6. The Hall–Kier alpha value is -1.06. The van der Waals surface area contributed by atoms with Crippen LogP contribution in [0, 0.1) is 5.92 Å². The highest BCUT2D eigenvalue weighted by Crippen LogP contribution is 2.17. The molecule has 1 fully saturated rings. The Morgan fingerprint density at radius 1 is 1.33 bits per heavy atom. The predicted molar refractivity (Wildman–Crippen MR) is 74.2 cm³/mol. The summed E-state index contributed by atoms with van der Waals surface area (Å²) < 4.78 is 0. The normalized spacial score (nSPS) is 18.3. The lowest BCUT2D eigenvalue weighted by molar-refractivity contribution is -0.129. The molecule has 1 heterocycles. The van der Waals surface area contributed by atoms with E-state index in [4.69, 9.17) is 0 Å². The highest BCUT2D eigenvalue weighted by molar-refractivity contribution is 5.89. The van der Waals surface area contributed by atoms with Crippen LogP contribution in [-0.4, -0.2) is 36.3 Å². The van der Waals surface area contributed by atoms with E-state index in [2.05, 4.69) is 12.2 Å². The number of carbonyl (C=O) groups is 2. The second kappa shape index (κ2) is 9.92. The fourth-order valence-electron chi connectivity index (χ4n) is 1.97. The molecule has 1 aliphatic rings. The largest absolute Gasteiger partial charge is 0.356 e. The van der Waals surface area contributed by atoms with Crippen LogP contribution in [0.15, 0.2) is 0 Å². The maximum absolute atomic E-state index is 11.7. The van der Waals surface area contributed by atoms with Gasteiger partial charge in [-0.15, -0.1) is 0 Å². The topological polar surface area (TPSA) is 49.4 Å². The van der Waals surface area contributed by atoms with E-state index >= 15 is 0 Å². The minimum atomic E-state index is -0.129. The highest BCUT2D eigenvalue weighted by atomic mass is 16.2. The third-order valence-electron chi connectivity index (χ3n) is 2.91. The van der Waals surface area contributed by atoms with Crippen LogP contribution in [0.25, 0.3) is 0 Å². The molecule has 0 aromatic rings. The van der Waals surface area contributed by atoms with Crippen molar-refractivity contribution in [3.8, 4) is 0 Å². The number of carbonyl (C=O) groups excluding carboxylic acids is 2. The van der Waals surface area contributed by atoms with Crippen molar-refractivity contribution in [3.05, 3.63) is 0 Å². The molecule has 0 bridgehead atoms. The molecule has 0 radical (unpaired) electrons. The molecule has 4 heteroatoms. The van der Waals surface area contributed by atoms with Gasteiger partial charge < -0.3 is 10.2 Å². The SMILES string of the molecule is CC.CCCCNC(=O)C1CC(=O)N(CCC)C1. The zero-order valence-corrected chi connectivity index (χ0v) is 12.3. The van der Waals surface area contributed by atoms with Crippen LogP contribution in [0.2, 0.25) is 0 Å². The molecule has 0 saturated carbocycles. The lowest BCUT2D eigenvalue weighted by Gasteiger charge is -2.15. The van der Waals surface area contributed by atoms with E-state index in [-0.39, 0.29) is 17.7 Å². The van der Waals surface area contributed by atoms with Crippen LogP contribution < -0.4 is 5.32 Å². The zero-order valence-electron chi connectivity index (χ0n) is 12.3. The van der Waals surface area contributed by atoms with E-state index in [1.54, 1.807) is 4.90 Å². The number of unbranched alkanes of at least 4 members (excludes halogenated alkanes) is 1. The first kappa shape index (κ1) is 16.9. The Morgan fingerprint density at radius 2 is 2.00 bits per heavy atom. The number of hydrogen-bond donors (Lipinski definition) is 1. The molecule has 1 aliphatic heterocycles. The molecular weight excluding hydrogens is 228 g/mol. The number of amides is 2. The van der Waals surface area contributed by atoms with E-state index in [1.807, 2.05) is 20.8 Å². The van der Waals surface area contributed by atoms with Crippen molar-refractivity contribution < 1.29 is 9.59 Å². The maximum atomic E-state index is 11.7. The fraction of sp³-hybridized carbons (Fsp3) is 0.857. The summed E-state index contributed by atoms with van der Waals surface area (Å²) in [6.07, 6.45) is 3.42. The standard InChI is InChI=1S/C12H22N2O2.C2H6/c1-3-5-6-13-12(16)10-8-11(15)14(9-10)7-4-2;1-2/h10H,3-9H2,1-2H3,(H,13,16);1-2H3. The fourth-order valence-corrected chi connectivity index (χ4v) is 1.97. The Labute approximate surface area is 111 Å². The molecule has 1 saturated heterocycles. The van der Waals surface area contributed by atoms with Gasteiger partial charge in [0.05, 0.1) is 5.92 Å². The van der Waals surface area contributed by atoms with Crippen LogP contribution in [-0.2, 0) is 9.59 Å². The van der Waals surface area contributed by atoms with Crippen molar-refractivity contribution in [1.29, 1.82) is 0 Å². The van der Waals surface area contributed by atoms with Crippen molar-refractivity contribution in [3.63, 3.8) is 0 Å². The predicted octanol–water partition coefficient (Wildman–Crippen LogP) is 2.19. The molecular formula is C14H28N2O2. The molecule has 0 aromatic heterocycles. The van der Waals surface area contributed by atoms with Crippen LogP contribution >= 0.6 is 0 Å². The summed E-state index contributed by atoms with van der Waals surface area (Å²) in [5.41, 5.74) is 0. The molecule has 1 unspecified atom stereocenters. The van der Waals surface area contributed by atoms with Gasteiger partial charge in [-0.05, 0) is 12.8 Å². The van der Waals surface area contributed by atoms with Gasteiger partial charge in [-0.3, -0.25) is 9.59 Å². The summed E-state index contributed by atoms with van der Waals surface area (Å²) in [5, 5.41) is 2.89. The van der Waals surface area contributed by atoms with Crippen molar-refractivity contribution in [1.82, 2.24) is 10.2 Å². The van der Waals surface area contributed by atoms with Crippen LogP contribution in [0.1, 0.15) is 53.4 Å². The second-order valence-electron chi connectivity index (χ2n) is 4.39. The maximum Gasteiger partial charge on any atom is 0.225 e. The van der Waals surface area contributed by atoms with Gasteiger partial charge in [0.2, 0.25) is 11.8 Å². The lowest BCUT2D eigenvalue weighted by Crippen LogP contribution is -2.33. The summed E-state index contributed by atoms with van der Waals surface area (Å²) in [5.74, 6) is 0.0359. The lowest BCUT2D eigenvalue weighted by atomic mass is 10.1. The average molecular weight is 256 g/mol. The van der Waals surface area contributed by atoms with Gasteiger partial charge in [0.25, 0.3) is 0 Å². The van der Waals surface area contributed by atoms with Gasteiger partial charge >= 0.3 is 0 Å². The Kier molecular flexibility index (Phi) is 9.33. The van der Waals surface area contributed by atoms with Gasteiger partial charge in [0.1, 0.15) is 0 Å². The molecule has 0 aromatic carbocycles. The summed E-state index contributed by atoms with van der Waals surface area (Å²) in [6, 6.07) is 0. The Balaban J connectivity index is 0.00000137. The molecule has 4 nitrogen and oxygen atoms in total. The van der Waals surface area contributed by atoms with E-state index in [1.165, 1.54) is 0 Å². The zero-order chi connectivity index (χ0) is 14.0. The van der Waals surface area contributed by atoms with Crippen molar-refractivity contribution in [2.24, 2.45) is 5.92 Å². The summed E-state index contributed by atoms with van der Waals surface area (Å²) in [6.45, 7) is 10.2. The van der Waals surface area contributed by atoms with E-state index < -0.39 is 0 Å². The first-order valence-corrected chi connectivity index (χ1v) is 7.24. The number of likely N-dealkylation sites (tertiary alicyclic amines) is 1.